The Bertz CT molecular complexity index is 609. The normalized spacial score (nSPS) is 26.4. The lowest BCUT2D eigenvalue weighted by atomic mass is 9.63. The average Bonchev–Trinajstić information content (AvgIpc) is 2.48. The number of amides is 1. The van der Waals surface area contributed by atoms with Gasteiger partial charge in [-0.2, -0.15) is 0 Å². The van der Waals surface area contributed by atoms with Gasteiger partial charge in [-0.1, -0.05) is 37.1 Å². The lowest BCUT2D eigenvalue weighted by Crippen LogP contribution is -2.55. The number of carbonyl (C=O) groups is 2. The van der Waals surface area contributed by atoms with Crippen molar-refractivity contribution in [3.63, 3.8) is 0 Å². The number of halogens is 1. The summed E-state index contributed by atoms with van der Waals surface area (Å²) < 4.78 is 0. The molecule has 1 aliphatic carbocycles. The quantitative estimate of drug-likeness (QED) is 0.921. The van der Waals surface area contributed by atoms with Crippen LogP contribution in [0.25, 0.3) is 0 Å². The molecule has 1 saturated heterocycles. The first-order chi connectivity index (χ1) is 10.9. The van der Waals surface area contributed by atoms with Crippen LogP contribution in [-0.2, 0) is 15.0 Å². The lowest BCUT2D eigenvalue weighted by molar-refractivity contribution is -0.151. The number of piperidine rings is 1. The second kappa shape index (κ2) is 6.16. The highest BCUT2D eigenvalue weighted by Gasteiger charge is 2.49. The molecule has 5 heteroatoms. The fraction of sp³-hybridized carbons (Fsp3) is 0.556. The first-order valence-corrected chi connectivity index (χ1v) is 8.60. The van der Waals surface area contributed by atoms with E-state index in [2.05, 4.69) is 0 Å². The molecule has 1 heterocycles. The summed E-state index contributed by atoms with van der Waals surface area (Å²) in [5, 5.41) is 10.0. The van der Waals surface area contributed by atoms with Gasteiger partial charge in [0.1, 0.15) is 0 Å². The van der Waals surface area contributed by atoms with Gasteiger partial charge in [0.05, 0.1) is 11.3 Å². The highest BCUT2D eigenvalue weighted by Crippen LogP contribution is 2.46. The number of rotatable bonds is 3. The van der Waals surface area contributed by atoms with Gasteiger partial charge in [0.25, 0.3) is 0 Å². The van der Waals surface area contributed by atoms with E-state index < -0.39 is 17.3 Å². The first kappa shape index (κ1) is 16.3. The molecule has 2 atom stereocenters. The molecule has 0 aromatic heterocycles. The van der Waals surface area contributed by atoms with E-state index in [-0.39, 0.29) is 11.8 Å². The number of likely N-dealkylation sites (tertiary alicyclic amines) is 1. The molecule has 1 amide bonds. The van der Waals surface area contributed by atoms with Crippen LogP contribution < -0.4 is 0 Å². The smallest absolute Gasteiger partial charge is 0.308 e. The van der Waals surface area contributed by atoms with Crippen LogP contribution >= 0.6 is 11.6 Å². The van der Waals surface area contributed by atoms with Crippen LogP contribution in [0, 0.1) is 11.8 Å². The van der Waals surface area contributed by atoms with Crippen LogP contribution in [0.15, 0.2) is 24.3 Å². The van der Waals surface area contributed by atoms with E-state index in [4.69, 9.17) is 11.6 Å². The molecule has 0 radical (unpaired) electrons. The molecule has 2 unspecified atom stereocenters. The zero-order valence-corrected chi connectivity index (χ0v) is 14.1. The van der Waals surface area contributed by atoms with Crippen LogP contribution in [-0.4, -0.2) is 35.0 Å². The summed E-state index contributed by atoms with van der Waals surface area (Å²) in [5.74, 6) is -1.06. The van der Waals surface area contributed by atoms with Crippen LogP contribution in [0.5, 0.6) is 0 Å². The zero-order chi connectivity index (χ0) is 16.6. The maximum Gasteiger partial charge on any atom is 0.308 e. The third kappa shape index (κ3) is 2.85. The first-order valence-electron chi connectivity index (χ1n) is 8.22. The van der Waals surface area contributed by atoms with E-state index in [9.17, 15) is 14.7 Å². The Kier molecular flexibility index (Phi) is 4.37. The maximum absolute atomic E-state index is 13.2. The Morgan fingerprint density at radius 1 is 1.26 bits per heavy atom. The van der Waals surface area contributed by atoms with Gasteiger partial charge in [-0.25, -0.2) is 0 Å². The summed E-state index contributed by atoms with van der Waals surface area (Å²) in [5.41, 5.74) is 0.525. The number of carboxylic acid groups (broad SMARTS) is 1. The van der Waals surface area contributed by atoms with Crippen molar-refractivity contribution in [1.29, 1.82) is 0 Å². The SMILES string of the molecule is CC1CCN(C(=O)C2(c3ccc(Cl)cc3)CCC2)CC1C(=O)O. The van der Waals surface area contributed by atoms with Gasteiger partial charge in [0.15, 0.2) is 0 Å². The number of hydrogen-bond acceptors (Lipinski definition) is 2. The highest BCUT2D eigenvalue weighted by molar-refractivity contribution is 6.30. The van der Waals surface area contributed by atoms with Crippen molar-refractivity contribution in [2.45, 2.75) is 38.0 Å². The molecule has 4 nitrogen and oxygen atoms in total. The Morgan fingerprint density at radius 2 is 1.91 bits per heavy atom. The molecule has 1 aliphatic heterocycles. The van der Waals surface area contributed by atoms with Gasteiger partial charge >= 0.3 is 5.97 Å². The summed E-state index contributed by atoms with van der Waals surface area (Å²) in [6, 6.07) is 7.51. The minimum Gasteiger partial charge on any atom is -0.481 e. The number of hydrogen-bond donors (Lipinski definition) is 1. The molecule has 1 saturated carbocycles. The summed E-state index contributed by atoms with van der Waals surface area (Å²) in [6.45, 7) is 2.93. The van der Waals surface area contributed by atoms with Gasteiger partial charge < -0.3 is 10.0 Å². The third-order valence-corrected chi connectivity index (χ3v) is 5.83. The minimum absolute atomic E-state index is 0.0872. The van der Waals surface area contributed by atoms with Crippen LogP contribution in [0.1, 0.15) is 38.2 Å². The summed E-state index contributed by atoms with van der Waals surface area (Å²) in [7, 11) is 0. The lowest BCUT2D eigenvalue weighted by Gasteiger charge is -2.46. The van der Waals surface area contributed by atoms with Crippen molar-refractivity contribution in [3.05, 3.63) is 34.9 Å². The minimum atomic E-state index is -0.802. The van der Waals surface area contributed by atoms with E-state index in [1.54, 1.807) is 4.90 Å². The van der Waals surface area contributed by atoms with Crippen LogP contribution in [0.2, 0.25) is 5.02 Å². The molecule has 0 bridgehead atoms. The van der Waals surface area contributed by atoms with Crippen molar-refractivity contribution in [2.75, 3.05) is 13.1 Å². The number of nitrogens with zero attached hydrogens (tertiary/aromatic N) is 1. The molecular weight excluding hydrogens is 314 g/mol. The van der Waals surface area contributed by atoms with E-state index in [1.807, 2.05) is 31.2 Å². The number of aliphatic carboxylic acids is 1. The number of carboxylic acids is 1. The van der Waals surface area contributed by atoms with E-state index in [1.165, 1.54) is 0 Å². The van der Waals surface area contributed by atoms with Crippen molar-refractivity contribution in [1.82, 2.24) is 4.90 Å². The second-order valence-electron chi connectivity index (χ2n) is 6.90. The van der Waals surface area contributed by atoms with Gasteiger partial charge in [-0.3, -0.25) is 9.59 Å². The summed E-state index contributed by atoms with van der Waals surface area (Å²) in [4.78, 5) is 26.4. The molecule has 0 spiro atoms. The molecule has 3 rings (SSSR count). The zero-order valence-electron chi connectivity index (χ0n) is 13.3. The fourth-order valence-corrected chi connectivity index (χ4v) is 3.93. The number of carbonyl (C=O) groups excluding carboxylic acids is 1. The summed E-state index contributed by atoms with van der Waals surface area (Å²) >= 11 is 5.96. The molecule has 2 fully saturated rings. The second-order valence-corrected chi connectivity index (χ2v) is 7.34. The maximum atomic E-state index is 13.2. The van der Waals surface area contributed by atoms with Crippen molar-refractivity contribution < 1.29 is 14.7 Å². The predicted octanol–water partition coefficient (Wildman–Crippen LogP) is 3.33. The van der Waals surface area contributed by atoms with Gasteiger partial charge in [-0.15, -0.1) is 0 Å². The molecule has 1 aromatic rings. The molecular formula is C18H22ClNO3. The molecule has 2 aliphatic rings. The fourth-order valence-electron chi connectivity index (χ4n) is 3.80. The largest absolute Gasteiger partial charge is 0.481 e. The van der Waals surface area contributed by atoms with Gasteiger partial charge in [0.2, 0.25) is 5.91 Å². The Balaban J connectivity index is 1.83. The van der Waals surface area contributed by atoms with Crippen LogP contribution in [0.4, 0.5) is 0 Å². The molecule has 1 N–H and O–H groups in total. The highest BCUT2D eigenvalue weighted by atomic mass is 35.5. The van der Waals surface area contributed by atoms with Crippen molar-refractivity contribution in [3.8, 4) is 0 Å². The van der Waals surface area contributed by atoms with Crippen molar-refractivity contribution in [2.24, 2.45) is 11.8 Å². The Morgan fingerprint density at radius 3 is 2.43 bits per heavy atom. The van der Waals surface area contributed by atoms with E-state index >= 15 is 0 Å². The standard InChI is InChI=1S/C18H22ClNO3/c1-12-7-10-20(11-15(12)16(21)22)17(23)18(8-2-9-18)13-3-5-14(19)6-4-13/h3-6,12,15H,2,7-11H2,1H3,(H,21,22). The molecule has 124 valence electrons. The predicted molar refractivity (Wildman–Crippen MR) is 88.5 cm³/mol. The Hall–Kier alpha value is -1.55. The Labute approximate surface area is 141 Å². The van der Waals surface area contributed by atoms with E-state index in [0.29, 0.717) is 18.1 Å². The monoisotopic (exact) mass is 335 g/mol. The third-order valence-electron chi connectivity index (χ3n) is 5.58. The molecule has 1 aromatic carbocycles. The molecule has 23 heavy (non-hydrogen) atoms. The van der Waals surface area contributed by atoms with Gasteiger partial charge in [0, 0.05) is 18.1 Å². The average molecular weight is 336 g/mol. The van der Waals surface area contributed by atoms with E-state index in [0.717, 1.165) is 31.2 Å². The van der Waals surface area contributed by atoms with Crippen LogP contribution in [0.3, 0.4) is 0 Å². The topological polar surface area (TPSA) is 57.6 Å². The van der Waals surface area contributed by atoms with Crippen molar-refractivity contribution >= 4 is 23.5 Å². The summed E-state index contributed by atoms with van der Waals surface area (Å²) in [6.07, 6.45) is 3.44. The number of benzene rings is 1. The van der Waals surface area contributed by atoms with Gasteiger partial charge in [-0.05, 0) is 42.9 Å².